The molecule has 0 saturated heterocycles. The summed E-state index contributed by atoms with van der Waals surface area (Å²) in [6.07, 6.45) is 3.30. The zero-order chi connectivity index (χ0) is 12.5. The van der Waals surface area contributed by atoms with E-state index in [-0.39, 0.29) is 0 Å². The first kappa shape index (κ1) is 13.0. The molecule has 0 bridgehead atoms. The van der Waals surface area contributed by atoms with Crippen molar-refractivity contribution in [2.24, 2.45) is 0 Å². The van der Waals surface area contributed by atoms with Crippen LogP contribution < -0.4 is 0 Å². The van der Waals surface area contributed by atoms with Crippen molar-refractivity contribution >= 4 is 53.9 Å². The second-order valence-electron chi connectivity index (χ2n) is 3.29. The third kappa shape index (κ3) is 2.86. The first-order valence-electron chi connectivity index (χ1n) is 4.63. The molecule has 0 aliphatic carbocycles. The third-order valence-electron chi connectivity index (χ3n) is 2.23. The topological polar surface area (TPSA) is 38.9 Å². The second kappa shape index (κ2) is 5.04. The Morgan fingerprint density at radius 3 is 2.59 bits per heavy atom. The predicted molar refractivity (Wildman–Crippen MR) is 78.3 cm³/mol. The van der Waals surface area contributed by atoms with Gasteiger partial charge in [-0.2, -0.15) is 0 Å². The Morgan fingerprint density at radius 1 is 1.29 bits per heavy atom. The van der Waals surface area contributed by atoms with Crippen LogP contribution in [-0.2, 0) is 2.14 Å². The van der Waals surface area contributed by atoms with Crippen molar-refractivity contribution in [3.8, 4) is 11.3 Å². The minimum Gasteiger partial charge on any atom is -0.345 e. The lowest BCUT2D eigenvalue weighted by molar-refractivity contribution is 0.393. The number of halogens is 3. The second-order valence-corrected chi connectivity index (χ2v) is 10.1. The summed E-state index contributed by atoms with van der Waals surface area (Å²) in [7, 11) is 0. The van der Waals surface area contributed by atoms with Crippen LogP contribution >= 0.6 is 47.8 Å². The van der Waals surface area contributed by atoms with Crippen molar-refractivity contribution < 1.29 is 4.52 Å². The molecule has 0 N–H and O–H groups in total. The van der Waals surface area contributed by atoms with E-state index in [0.29, 0.717) is 5.69 Å². The Labute approximate surface area is 124 Å². The summed E-state index contributed by atoms with van der Waals surface area (Å²) in [4.78, 5) is 0. The maximum absolute atomic E-state index is 4.73. The molecule has 0 atom stereocenters. The summed E-state index contributed by atoms with van der Waals surface area (Å²) in [5, 5.41) is 7.33. The van der Waals surface area contributed by atoms with Crippen molar-refractivity contribution in [2.45, 2.75) is 2.14 Å². The molecule has 1 aromatic carbocycles. The molecule has 2 aromatic rings. The molecule has 0 spiro atoms. The molecule has 3 nitrogen and oxygen atoms in total. The van der Waals surface area contributed by atoms with E-state index in [1.54, 1.807) is 6.08 Å². The van der Waals surface area contributed by atoms with Gasteiger partial charge in [-0.15, -0.1) is 5.10 Å². The maximum Gasteiger partial charge on any atom is 0.160 e. The van der Waals surface area contributed by atoms with Gasteiger partial charge in [-0.05, 0) is 17.2 Å². The van der Waals surface area contributed by atoms with Crippen molar-refractivity contribution in [1.29, 1.82) is 0 Å². The number of nitrogens with zero attached hydrogens (tertiary/aromatic N) is 2. The smallest absolute Gasteiger partial charge is 0.160 e. The minimum atomic E-state index is -0.496. The van der Waals surface area contributed by atoms with E-state index in [0.717, 1.165) is 16.7 Å². The van der Waals surface area contributed by atoms with Crippen molar-refractivity contribution in [1.82, 2.24) is 10.4 Å². The lowest BCUT2D eigenvalue weighted by Gasteiger charge is -2.16. The maximum atomic E-state index is 4.73. The van der Waals surface area contributed by atoms with Crippen LogP contribution in [0.25, 0.3) is 17.3 Å². The summed E-state index contributed by atoms with van der Waals surface area (Å²) in [6.45, 7) is 3.79. The molecular weight excluding hydrogens is 416 g/mol. The number of aromatic nitrogens is 2. The third-order valence-corrected chi connectivity index (χ3v) is 3.52. The molecule has 88 valence electrons. The van der Waals surface area contributed by atoms with Gasteiger partial charge in [0.15, 0.2) is 8.41 Å². The van der Waals surface area contributed by atoms with E-state index in [2.05, 4.69) is 64.7 Å². The Hall–Kier alpha value is -0.460. The summed E-state index contributed by atoms with van der Waals surface area (Å²) >= 11 is 10.5. The number of hydrogen-bond acceptors (Lipinski definition) is 3. The van der Waals surface area contributed by atoms with Crippen molar-refractivity contribution in [2.75, 3.05) is 0 Å². The highest BCUT2D eigenvalue weighted by Gasteiger charge is 2.24. The number of alkyl halides is 3. The SMILES string of the molecule is C=Cc1ccc(-c2conn2)cc1C(Br)(Br)Br. The average Bonchev–Trinajstić information content (AvgIpc) is 2.80. The summed E-state index contributed by atoms with van der Waals surface area (Å²) in [5.74, 6) is 0. The van der Waals surface area contributed by atoms with Crippen LogP contribution in [0.15, 0.2) is 35.6 Å². The number of hydrogen-bond donors (Lipinski definition) is 0. The summed E-state index contributed by atoms with van der Waals surface area (Å²) in [5.41, 5.74) is 3.62. The standard InChI is InChI=1S/C11H7Br3N2O/c1-2-7-3-4-8(10-6-17-16-15-10)5-9(7)11(12,13)14/h2-6H,1H2. The molecule has 0 saturated carbocycles. The number of rotatable bonds is 2. The summed E-state index contributed by atoms with van der Waals surface area (Å²) in [6, 6.07) is 5.89. The Bertz CT molecular complexity index is 532. The lowest BCUT2D eigenvalue weighted by atomic mass is 10.0. The molecular formula is C11H7Br3N2O. The van der Waals surface area contributed by atoms with E-state index in [1.807, 2.05) is 18.2 Å². The van der Waals surface area contributed by atoms with Gasteiger partial charge in [0.05, 0.1) is 0 Å². The quantitative estimate of drug-likeness (QED) is 0.660. The molecule has 0 aliphatic rings. The van der Waals surface area contributed by atoms with E-state index in [4.69, 9.17) is 4.52 Å². The monoisotopic (exact) mass is 420 g/mol. The van der Waals surface area contributed by atoms with Gasteiger partial charge in [-0.3, -0.25) is 0 Å². The molecule has 0 unspecified atom stereocenters. The molecule has 2 rings (SSSR count). The van der Waals surface area contributed by atoms with E-state index in [9.17, 15) is 0 Å². The van der Waals surface area contributed by atoms with Gasteiger partial charge >= 0.3 is 0 Å². The van der Waals surface area contributed by atoms with Crippen LogP contribution in [0.2, 0.25) is 0 Å². The van der Waals surface area contributed by atoms with Gasteiger partial charge in [0, 0.05) is 10.8 Å². The largest absolute Gasteiger partial charge is 0.345 e. The highest BCUT2D eigenvalue weighted by Crippen LogP contribution is 2.46. The lowest BCUT2D eigenvalue weighted by Crippen LogP contribution is -2.01. The van der Waals surface area contributed by atoms with Gasteiger partial charge < -0.3 is 4.52 Å². The van der Waals surface area contributed by atoms with Crippen molar-refractivity contribution in [3.05, 3.63) is 42.2 Å². The van der Waals surface area contributed by atoms with Gasteiger partial charge in [0.25, 0.3) is 0 Å². The van der Waals surface area contributed by atoms with Crippen LogP contribution in [0, 0.1) is 0 Å². The molecule has 0 fully saturated rings. The van der Waals surface area contributed by atoms with E-state index in [1.165, 1.54) is 6.26 Å². The fourth-order valence-corrected chi connectivity index (χ4v) is 2.46. The van der Waals surface area contributed by atoms with E-state index < -0.39 is 2.14 Å². The zero-order valence-electron chi connectivity index (χ0n) is 8.53. The van der Waals surface area contributed by atoms with Crippen LogP contribution in [0.5, 0.6) is 0 Å². The van der Waals surface area contributed by atoms with Gasteiger partial charge in [0.2, 0.25) is 0 Å². The van der Waals surface area contributed by atoms with Gasteiger partial charge in [-0.1, -0.05) is 72.6 Å². The van der Waals surface area contributed by atoms with Gasteiger partial charge in [-0.25, -0.2) is 0 Å². The highest BCUT2D eigenvalue weighted by atomic mass is 80.0. The van der Waals surface area contributed by atoms with E-state index >= 15 is 0 Å². The predicted octanol–water partition coefficient (Wildman–Crippen LogP) is 4.67. The molecule has 0 aliphatic heterocycles. The average molecular weight is 423 g/mol. The molecule has 17 heavy (non-hydrogen) atoms. The molecule has 1 heterocycles. The summed E-state index contributed by atoms with van der Waals surface area (Å²) < 4.78 is 4.24. The normalized spacial score (nSPS) is 11.5. The Kier molecular flexibility index (Phi) is 3.85. The molecule has 6 heteroatoms. The number of benzene rings is 1. The fourth-order valence-electron chi connectivity index (χ4n) is 1.43. The molecule has 0 radical (unpaired) electrons. The molecule has 1 aromatic heterocycles. The van der Waals surface area contributed by atoms with Crippen LogP contribution in [-0.4, -0.2) is 10.4 Å². The van der Waals surface area contributed by atoms with Gasteiger partial charge in [0.1, 0.15) is 5.69 Å². The zero-order valence-corrected chi connectivity index (χ0v) is 13.3. The van der Waals surface area contributed by atoms with Crippen LogP contribution in [0.3, 0.4) is 0 Å². The fraction of sp³-hybridized carbons (Fsp3) is 0.0909. The molecule has 0 amide bonds. The first-order chi connectivity index (χ1) is 8.02. The Morgan fingerprint density at radius 2 is 2.06 bits per heavy atom. The minimum absolute atomic E-state index is 0.496. The van der Waals surface area contributed by atoms with Crippen LogP contribution in [0.4, 0.5) is 0 Å². The van der Waals surface area contributed by atoms with Crippen LogP contribution in [0.1, 0.15) is 11.1 Å². The van der Waals surface area contributed by atoms with Crippen molar-refractivity contribution in [3.63, 3.8) is 0 Å². The first-order valence-corrected chi connectivity index (χ1v) is 7.01. The Balaban J connectivity index is 2.57. The highest BCUT2D eigenvalue weighted by molar-refractivity contribution is 9.38.